The largest absolute Gasteiger partial charge is 0.377 e. The highest BCUT2D eigenvalue weighted by molar-refractivity contribution is 14.0. The van der Waals surface area contributed by atoms with Crippen LogP contribution >= 0.6 is 24.0 Å². The van der Waals surface area contributed by atoms with Gasteiger partial charge >= 0.3 is 0 Å². The lowest BCUT2D eigenvalue weighted by molar-refractivity contribution is -0.188. The number of amides is 1. The van der Waals surface area contributed by atoms with Crippen molar-refractivity contribution in [2.75, 3.05) is 34.3 Å². The first-order chi connectivity index (χ1) is 9.87. The molecule has 1 saturated heterocycles. The molecule has 7 heteroatoms. The molecule has 1 aliphatic carbocycles. The Hall–Kier alpha value is -0.570. The number of aliphatic imine (C=N–C) groups is 1. The van der Waals surface area contributed by atoms with Crippen LogP contribution in [-0.4, -0.2) is 63.2 Å². The van der Waals surface area contributed by atoms with E-state index in [2.05, 4.69) is 29.5 Å². The van der Waals surface area contributed by atoms with Gasteiger partial charge < -0.3 is 20.3 Å². The number of fused-ring (bicyclic) bond motifs is 1. The first kappa shape index (κ1) is 19.5. The van der Waals surface area contributed by atoms with E-state index in [1.54, 1.807) is 26.0 Å². The van der Waals surface area contributed by atoms with Gasteiger partial charge in [0.15, 0.2) is 5.96 Å². The van der Waals surface area contributed by atoms with Gasteiger partial charge in [-0.2, -0.15) is 0 Å². The standard InChI is InChI=1S/C15H28N4O2.HI/c1-15(2)12(10-7-6-8-21-13(10)15)18-14(16-3)17-9-11(20)19(4)5;/h10,12-13H,6-9H2,1-5H3,(H2,16,17,18);1H. The molecule has 0 aromatic rings. The summed E-state index contributed by atoms with van der Waals surface area (Å²) in [5.74, 6) is 1.26. The zero-order chi connectivity index (χ0) is 15.6. The predicted molar refractivity (Wildman–Crippen MR) is 98.6 cm³/mol. The lowest BCUT2D eigenvalue weighted by atomic mass is 9.55. The summed E-state index contributed by atoms with van der Waals surface area (Å²) in [6.07, 6.45) is 2.66. The van der Waals surface area contributed by atoms with E-state index >= 15 is 0 Å². The summed E-state index contributed by atoms with van der Waals surface area (Å²) in [4.78, 5) is 17.4. The van der Waals surface area contributed by atoms with Gasteiger partial charge in [-0.25, -0.2) is 0 Å². The summed E-state index contributed by atoms with van der Waals surface area (Å²) in [5.41, 5.74) is 0.0915. The van der Waals surface area contributed by atoms with Gasteiger partial charge in [-0.15, -0.1) is 24.0 Å². The molecule has 2 N–H and O–H groups in total. The smallest absolute Gasteiger partial charge is 0.241 e. The van der Waals surface area contributed by atoms with E-state index < -0.39 is 0 Å². The normalized spacial score (nSPS) is 29.5. The summed E-state index contributed by atoms with van der Waals surface area (Å²) < 4.78 is 5.91. The fourth-order valence-corrected chi connectivity index (χ4v) is 3.47. The highest BCUT2D eigenvalue weighted by Crippen LogP contribution is 2.51. The molecule has 0 bridgehead atoms. The van der Waals surface area contributed by atoms with Gasteiger partial charge in [0.2, 0.25) is 5.91 Å². The third kappa shape index (κ3) is 3.84. The monoisotopic (exact) mass is 424 g/mol. The number of halogens is 1. The van der Waals surface area contributed by atoms with Crippen LogP contribution in [0.2, 0.25) is 0 Å². The fraction of sp³-hybridized carbons (Fsp3) is 0.867. The highest BCUT2D eigenvalue weighted by Gasteiger charge is 2.58. The maximum absolute atomic E-state index is 11.6. The predicted octanol–water partition coefficient (Wildman–Crippen LogP) is 1.06. The number of nitrogens with zero attached hydrogens (tertiary/aromatic N) is 2. The van der Waals surface area contributed by atoms with Crippen molar-refractivity contribution in [1.29, 1.82) is 0 Å². The number of likely N-dealkylation sites (N-methyl/N-ethyl adjacent to an activating group) is 1. The molecule has 0 aromatic heterocycles. The first-order valence-electron chi connectivity index (χ1n) is 7.67. The van der Waals surface area contributed by atoms with Crippen molar-refractivity contribution in [2.45, 2.75) is 38.8 Å². The third-order valence-corrected chi connectivity index (χ3v) is 4.75. The summed E-state index contributed by atoms with van der Waals surface area (Å²) in [5, 5.41) is 6.56. The van der Waals surface area contributed by atoms with E-state index in [1.807, 2.05) is 0 Å². The number of guanidine groups is 1. The molecule has 128 valence electrons. The van der Waals surface area contributed by atoms with E-state index in [0.29, 0.717) is 24.0 Å². The Morgan fingerprint density at radius 2 is 2.09 bits per heavy atom. The Labute approximate surface area is 150 Å². The second kappa shape index (κ2) is 7.81. The Balaban J connectivity index is 0.00000242. The molecule has 3 unspecified atom stereocenters. The van der Waals surface area contributed by atoms with Gasteiger partial charge in [-0.05, 0) is 12.8 Å². The molecule has 1 aliphatic heterocycles. The Bertz CT molecular complexity index is 426. The Morgan fingerprint density at radius 3 is 2.68 bits per heavy atom. The van der Waals surface area contributed by atoms with Gasteiger partial charge in [0, 0.05) is 45.1 Å². The van der Waals surface area contributed by atoms with Crippen LogP contribution in [0.1, 0.15) is 26.7 Å². The Kier molecular flexibility index (Phi) is 6.91. The van der Waals surface area contributed by atoms with Crippen molar-refractivity contribution < 1.29 is 9.53 Å². The molecule has 1 amide bonds. The third-order valence-electron chi connectivity index (χ3n) is 4.75. The first-order valence-corrected chi connectivity index (χ1v) is 7.67. The van der Waals surface area contributed by atoms with E-state index in [-0.39, 0.29) is 41.8 Å². The molecule has 0 spiro atoms. The zero-order valence-corrected chi connectivity index (χ0v) is 16.5. The number of ether oxygens (including phenoxy) is 1. The average molecular weight is 424 g/mol. The molecular formula is C15H29IN4O2. The van der Waals surface area contributed by atoms with Crippen LogP contribution in [0.4, 0.5) is 0 Å². The maximum Gasteiger partial charge on any atom is 0.241 e. The molecule has 22 heavy (non-hydrogen) atoms. The maximum atomic E-state index is 11.6. The molecule has 0 radical (unpaired) electrons. The van der Waals surface area contributed by atoms with Gasteiger partial charge in [-0.3, -0.25) is 9.79 Å². The highest BCUT2D eigenvalue weighted by atomic mass is 127. The van der Waals surface area contributed by atoms with Gasteiger partial charge in [0.1, 0.15) is 0 Å². The van der Waals surface area contributed by atoms with Crippen LogP contribution in [-0.2, 0) is 9.53 Å². The van der Waals surface area contributed by atoms with E-state index in [4.69, 9.17) is 4.74 Å². The second-order valence-corrected chi connectivity index (χ2v) is 6.75. The molecule has 2 rings (SSSR count). The van der Waals surface area contributed by atoms with Gasteiger partial charge in [0.05, 0.1) is 12.6 Å². The van der Waals surface area contributed by atoms with Crippen LogP contribution < -0.4 is 10.6 Å². The number of hydrogen-bond donors (Lipinski definition) is 2. The van der Waals surface area contributed by atoms with Crippen molar-refractivity contribution in [3.63, 3.8) is 0 Å². The number of rotatable bonds is 3. The topological polar surface area (TPSA) is 66.0 Å². The van der Waals surface area contributed by atoms with Crippen molar-refractivity contribution in [3.8, 4) is 0 Å². The molecule has 2 fully saturated rings. The fourth-order valence-electron chi connectivity index (χ4n) is 3.47. The van der Waals surface area contributed by atoms with Crippen molar-refractivity contribution >= 4 is 35.8 Å². The van der Waals surface area contributed by atoms with Crippen LogP contribution in [0.15, 0.2) is 4.99 Å². The van der Waals surface area contributed by atoms with Crippen molar-refractivity contribution in [3.05, 3.63) is 0 Å². The minimum atomic E-state index is 0. The summed E-state index contributed by atoms with van der Waals surface area (Å²) in [6.45, 7) is 5.59. The number of nitrogens with one attached hydrogen (secondary N) is 2. The zero-order valence-electron chi connectivity index (χ0n) is 14.2. The van der Waals surface area contributed by atoms with Crippen LogP contribution in [0.25, 0.3) is 0 Å². The minimum Gasteiger partial charge on any atom is -0.377 e. The lowest BCUT2D eigenvalue weighted by Gasteiger charge is -2.60. The van der Waals surface area contributed by atoms with Gasteiger partial charge in [0.25, 0.3) is 0 Å². The number of carbonyl (C=O) groups excluding carboxylic acids is 1. The Morgan fingerprint density at radius 1 is 1.41 bits per heavy atom. The lowest BCUT2D eigenvalue weighted by Crippen LogP contribution is -2.71. The van der Waals surface area contributed by atoms with Crippen molar-refractivity contribution in [2.24, 2.45) is 16.3 Å². The summed E-state index contributed by atoms with van der Waals surface area (Å²) in [7, 11) is 5.23. The molecule has 3 atom stereocenters. The summed E-state index contributed by atoms with van der Waals surface area (Å²) in [6, 6.07) is 0.337. The summed E-state index contributed by atoms with van der Waals surface area (Å²) >= 11 is 0. The van der Waals surface area contributed by atoms with Crippen LogP contribution in [0.5, 0.6) is 0 Å². The number of hydrogen-bond acceptors (Lipinski definition) is 3. The molecule has 0 aromatic carbocycles. The van der Waals surface area contributed by atoms with Crippen LogP contribution in [0.3, 0.4) is 0 Å². The average Bonchev–Trinajstić information content (AvgIpc) is 2.46. The van der Waals surface area contributed by atoms with E-state index in [1.165, 1.54) is 6.42 Å². The molecule has 2 aliphatic rings. The number of carbonyl (C=O) groups is 1. The SMILES string of the molecule is CN=C(NCC(=O)N(C)C)NC1C2CCCOC2C1(C)C.I. The van der Waals surface area contributed by atoms with Crippen LogP contribution in [0, 0.1) is 11.3 Å². The second-order valence-electron chi connectivity index (χ2n) is 6.75. The van der Waals surface area contributed by atoms with Gasteiger partial charge in [-0.1, -0.05) is 13.8 Å². The molecule has 6 nitrogen and oxygen atoms in total. The molecule has 1 heterocycles. The molecule has 1 saturated carbocycles. The quantitative estimate of drug-likeness (QED) is 0.404. The molecular weight excluding hydrogens is 395 g/mol. The van der Waals surface area contributed by atoms with E-state index in [9.17, 15) is 4.79 Å². The minimum absolute atomic E-state index is 0. The van der Waals surface area contributed by atoms with Crippen molar-refractivity contribution in [1.82, 2.24) is 15.5 Å². The van der Waals surface area contributed by atoms with E-state index in [0.717, 1.165) is 13.0 Å².